The molecule has 4 heteroatoms. The van der Waals surface area contributed by atoms with Crippen LogP contribution in [0.25, 0.3) is 0 Å². The van der Waals surface area contributed by atoms with Gasteiger partial charge < -0.3 is 14.6 Å². The second kappa shape index (κ2) is 8.61. The average Bonchev–Trinajstić information content (AvgIpc) is 2.49. The molecule has 0 bridgehead atoms. The fourth-order valence-corrected chi connectivity index (χ4v) is 2.91. The lowest BCUT2D eigenvalue weighted by atomic mass is 9.93. The topological polar surface area (TPSA) is 55.8 Å². The van der Waals surface area contributed by atoms with Crippen LogP contribution in [0.15, 0.2) is 11.6 Å². The molecule has 1 aromatic rings. The lowest BCUT2D eigenvalue weighted by Gasteiger charge is -2.20. The van der Waals surface area contributed by atoms with E-state index in [2.05, 4.69) is 13.8 Å². The summed E-state index contributed by atoms with van der Waals surface area (Å²) in [5.41, 5.74) is 5.70. The number of carbonyl (C=O) groups is 1. The Balaban J connectivity index is 3.00. The Kier molecular flexibility index (Phi) is 7.14. The summed E-state index contributed by atoms with van der Waals surface area (Å²) in [6.07, 6.45) is 4.49. The Morgan fingerprint density at radius 1 is 1.00 bits per heavy atom. The number of rotatable bonds is 8. The van der Waals surface area contributed by atoms with Gasteiger partial charge in [0.15, 0.2) is 0 Å². The molecular formula is C19H28O4. The van der Waals surface area contributed by atoms with Crippen LogP contribution in [-0.2, 0) is 11.2 Å². The van der Waals surface area contributed by atoms with Gasteiger partial charge in [0, 0.05) is 12.0 Å². The molecule has 0 heterocycles. The van der Waals surface area contributed by atoms with E-state index in [9.17, 15) is 4.79 Å². The van der Waals surface area contributed by atoms with Gasteiger partial charge in [-0.3, -0.25) is 4.79 Å². The summed E-state index contributed by atoms with van der Waals surface area (Å²) in [5.74, 6) is 1.09. The van der Waals surface area contributed by atoms with Crippen LogP contribution < -0.4 is 9.47 Å². The number of ether oxygens (including phenoxy) is 2. The van der Waals surface area contributed by atoms with Crippen LogP contribution in [0, 0.1) is 20.8 Å². The normalized spacial score (nSPS) is 11.5. The summed E-state index contributed by atoms with van der Waals surface area (Å²) in [5, 5.41) is 8.69. The molecule has 4 nitrogen and oxygen atoms in total. The van der Waals surface area contributed by atoms with Crippen LogP contribution in [0.1, 0.15) is 48.4 Å². The van der Waals surface area contributed by atoms with Crippen molar-refractivity contribution in [1.29, 1.82) is 0 Å². The third kappa shape index (κ3) is 4.75. The third-order valence-electron chi connectivity index (χ3n) is 4.34. The van der Waals surface area contributed by atoms with Gasteiger partial charge in [0.2, 0.25) is 0 Å². The van der Waals surface area contributed by atoms with Crippen LogP contribution in [0.3, 0.4) is 0 Å². The van der Waals surface area contributed by atoms with E-state index >= 15 is 0 Å². The minimum Gasteiger partial charge on any atom is -0.496 e. The van der Waals surface area contributed by atoms with Gasteiger partial charge in [-0.05, 0) is 63.6 Å². The van der Waals surface area contributed by atoms with Gasteiger partial charge in [-0.25, -0.2) is 0 Å². The number of methoxy groups -OCH3 is 2. The molecule has 0 aliphatic carbocycles. The third-order valence-corrected chi connectivity index (χ3v) is 4.34. The molecule has 0 atom stereocenters. The Bertz CT molecular complexity index is 600. The molecule has 0 saturated carbocycles. The molecule has 0 aliphatic rings. The van der Waals surface area contributed by atoms with Crippen molar-refractivity contribution in [2.24, 2.45) is 0 Å². The van der Waals surface area contributed by atoms with Gasteiger partial charge in [-0.1, -0.05) is 11.6 Å². The monoisotopic (exact) mass is 320 g/mol. The number of hydrogen-bond acceptors (Lipinski definition) is 3. The predicted molar refractivity (Wildman–Crippen MR) is 92.7 cm³/mol. The molecule has 0 spiro atoms. The van der Waals surface area contributed by atoms with E-state index in [1.54, 1.807) is 14.2 Å². The van der Waals surface area contributed by atoms with Crippen molar-refractivity contribution in [2.75, 3.05) is 14.2 Å². The molecule has 23 heavy (non-hydrogen) atoms. The Morgan fingerprint density at radius 3 is 2.09 bits per heavy atom. The van der Waals surface area contributed by atoms with Crippen molar-refractivity contribution < 1.29 is 19.4 Å². The molecule has 0 aromatic heterocycles. The number of allylic oxidation sites excluding steroid dienone is 2. The molecule has 0 fully saturated rings. The maximum Gasteiger partial charge on any atom is 0.303 e. The SMILES string of the molecule is COc1c(C)c(C)c(OC)c(CC/C(C)=C\CCC(=O)O)c1C. The van der Waals surface area contributed by atoms with Crippen molar-refractivity contribution in [3.63, 3.8) is 0 Å². The lowest BCUT2D eigenvalue weighted by Crippen LogP contribution is -2.04. The fourth-order valence-electron chi connectivity index (χ4n) is 2.91. The van der Waals surface area contributed by atoms with Crippen molar-refractivity contribution in [2.45, 2.75) is 53.4 Å². The first-order valence-corrected chi connectivity index (χ1v) is 7.91. The molecule has 128 valence electrons. The molecule has 0 radical (unpaired) electrons. The number of benzene rings is 1. The zero-order chi connectivity index (χ0) is 17.6. The second-order valence-corrected chi connectivity index (χ2v) is 5.90. The minimum atomic E-state index is -0.759. The van der Waals surface area contributed by atoms with E-state index in [0.29, 0.717) is 6.42 Å². The van der Waals surface area contributed by atoms with Gasteiger partial charge >= 0.3 is 5.97 Å². The lowest BCUT2D eigenvalue weighted by molar-refractivity contribution is -0.136. The standard InChI is InChI=1S/C19H28O4/c1-12(8-7-9-17(20)21)10-11-16-15(4)18(22-5)13(2)14(3)19(16)23-6/h8H,7,9-11H2,1-6H3,(H,20,21)/b12-8-. The summed E-state index contributed by atoms with van der Waals surface area (Å²) < 4.78 is 11.2. The van der Waals surface area contributed by atoms with Crippen LogP contribution in [0.2, 0.25) is 0 Å². The summed E-state index contributed by atoms with van der Waals surface area (Å²) in [6.45, 7) is 8.20. The van der Waals surface area contributed by atoms with Crippen LogP contribution in [0.5, 0.6) is 11.5 Å². The molecule has 0 unspecified atom stereocenters. The van der Waals surface area contributed by atoms with Gasteiger partial charge in [0.1, 0.15) is 11.5 Å². The predicted octanol–water partition coefficient (Wildman–Crippen LogP) is 4.37. The van der Waals surface area contributed by atoms with Crippen molar-refractivity contribution in [3.8, 4) is 11.5 Å². The minimum absolute atomic E-state index is 0.178. The van der Waals surface area contributed by atoms with Crippen molar-refractivity contribution >= 4 is 5.97 Å². The number of carboxylic acids is 1. The van der Waals surface area contributed by atoms with Gasteiger partial charge in [-0.2, -0.15) is 0 Å². The number of carboxylic acid groups (broad SMARTS) is 1. The van der Waals surface area contributed by atoms with Gasteiger partial charge in [0.25, 0.3) is 0 Å². The molecule has 1 rings (SSSR count). The molecular weight excluding hydrogens is 292 g/mol. The van der Waals surface area contributed by atoms with E-state index in [1.807, 2.05) is 19.9 Å². The quantitative estimate of drug-likeness (QED) is 0.723. The van der Waals surface area contributed by atoms with Crippen LogP contribution in [-0.4, -0.2) is 25.3 Å². The highest BCUT2D eigenvalue weighted by Crippen LogP contribution is 2.38. The van der Waals surface area contributed by atoms with E-state index in [-0.39, 0.29) is 6.42 Å². The average molecular weight is 320 g/mol. The zero-order valence-electron chi connectivity index (χ0n) is 15.1. The van der Waals surface area contributed by atoms with Gasteiger partial charge in [-0.15, -0.1) is 0 Å². The smallest absolute Gasteiger partial charge is 0.303 e. The molecule has 1 aromatic carbocycles. The Labute approximate surface area is 139 Å². The number of hydrogen-bond donors (Lipinski definition) is 1. The van der Waals surface area contributed by atoms with Crippen molar-refractivity contribution in [1.82, 2.24) is 0 Å². The molecule has 1 N–H and O–H groups in total. The highest BCUT2D eigenvalue weighted by atomic mass is 16.5. The largest absolute Gasteiger partial charge is 0.496 e. The molecule has 0 amide bonds. The summed E-state index contributed by atoms with van der Waals surface area (Å²) in [4.78, 5) is 10.6. The maximum absolute atomic E-state index is 10.6. The Morgan fingerprint density at radius 2 is 1.57 bits per heavy atom. The van der Waals surface area contributed by atoms with Crippen LogP contribution in [0.4, 0.5) is 0 Å². The van der Waals surface area contributed by atoms with E-state index in [0.717, 1.165) is 41.0 Å². The van der Waals surface area contributed by atoms with Crippen molar-refractivity contribution in [3.05, 3.63) is 33.9 Å². The number of aliphatic carboxylic acids is 1. The second-order valence-electron chi connectivity index (χ2n) is 5.90. The molecule has 0 aliphatic heterocycles. The van der Waals surface area contributed by atoms with E-state index in [4.69, 9.17) is 14.6 Å². The first-order chi connectivity index (χ1) is 10.8. The highest BCUT2D eigenvalue weighted by Gasteiger charge is 2.18. The van der Waals surface area contributed by atoms with Gasteiger partial charge in [0.05, 0.1) is 14.2 Å². The summed E-state index contributed by atoms with van der Waals surface area (Å²) in [6, 6.07) is 0. The fraction of sp³-hybridized carbons (Fsp3) is 0.526. The molecule has 0 saturated heterocycles. The van der Waals surface area contributed by atoms with E-state index < -0.39 is 5.97 Å². The summed E-state index contributed by atoms with van der Waals surface area (Å²) in [7, 11) is 3.40. The van der Waals surface area contributed by atoms with Crippen LogP contribution >= 0.6 is 0 Å². The first-order valence-electron chi connectivity index (χ1n) is 7.91. The first kappa shape index (κ1) is 19.1. The zero-order valence-corrected chi connectivity index (χ0v) is 15.1. The Hall–Kier alpha value is -1.97. The highest BCUT2D eigenvalue weighted by molar-refractivity contribution is 5.66. The van der Waals surface area contributed by atoms with E-state index in [1.165, 1.54) is 11.1 Å². The summed E-state index contributed by atoms with van der Waals surface area (Å²) >= 11 is 0. The maximum atomic E-state index is 10.6.